The molecule has 0 aliphatic heterocycles. The number of aliphatic hydroxyl groups is 1. The number of phosphoric acid groups is 2. The molecule has 0 saturated heterocycles. The van der Waals surface area contributed by atoms with Crippen molar-refractivity contribution < 1.29 is 80.2 Å². The third-order valence-electron chi connectivity index (χ3n) is 20.2. The maximum atomic E-state index is 13.2. The predicted molar refractivity (Wildman–Crippen MR) is 437 cm³/mol. The van der Waals surface area contributed by atoms with Gasteiger partial charge in [-0.05, 0) is 63.2 Å². The molecule has 17 nitrogen and oxygen atoms in total. The summed E-state index contributed by atoms with van der Waals surface area (Å²) >= 11 is 0. The first-order valence-electron chi connectivity index (χ1n) is 44.3. The highest BCUT2D eigenvalue weighted by atomic mass is 31.2. The summed E-state index contributed by atoms with van der Waals surface area (Å²) in [5.74, 6) is -0.456. The lowest BCUT2D eigenvalue weighted by atomic mass is 9.99. The molecular formula is C87H166O17P2. The summed E-state index contributed by atoms with van der Waals surface area (Å²) in [6.45, 7) is 9.70. The van der Waals surface area contributed by atoms with Crippen molar-refractivity contribution in [2.75, 3.05) is 39.6 Å². The van der Waals surface area contributed by atoms with Crippen molar-refractivity contribution >= 4 is 39.5 Å². The van der Waals surface area contributed by atoms with Gasteiger partial charge in [-0.2, -0.15) is 0 Å². The second kappa shape index (κ2) is 77.8. The van der Waals surface area contributed by atoms with Crippen LogP contribution in [0.5, 0.6) is 0 Å². The number of esters is 4. The van der Waals surface area contributed by atoms with Gasteiger partial charge in [0.15, 0.2) is 12.2 Å². The SMILES string of the molecule is CCCCCC/C=C\C=C/CCCCCCCC(=O)O[C@H](COC(=O)CCCCCCCCCCCCC)COP(=O)(O)OC[C@H](O)COP(=O)(O)OC[C@@H](COC(=O)CCCCCCCCCCCCCCCCCC(C)C)OC(=O)CCCCCCCCCCCCCCCCCCCCC(C)CC. The van der Waals surface area contributed by atoms with E-state index < -0.39 is 97.5 Å². The number of carbonyl (C=O) groups excluding carboxylic acids is 4. The van der Waals surface area contributed by atoms with Gasteiger partial charge in [0.2, 0.25) is 0 Å². The van der Waals surface area contributed by atoms with Crippen molar-refractivity contribution in [3.05, 3.63) is 24.3 Å². The van der Waals surface area contributed by atoms with Crippen LogP contribution in [0.25, 0.3) is 0 Å². The van der Waals surface area contributed by atoms with E-state index in [2.05, 4.69) is 65.8 Å². The zero-order valence-electron chi connectivity index (χ0n) is 69.2. The van der Waals surface area contributed by atoms with Gasteiger partial charge in [-0.25, -0.2) is 9.13 Å². The van der Waals surface area contributed by atoms with Crippen molar-refractivity contribution in [3.63, 3.8) is 0 Å². The van der Waals surface area contributed by atoms with Gasteiger partial charge in [-0.15, -0.1) is 0 Å². The van der Waals surface area contributed by atoms with Gasteiger partial charge in [0.1, 0.15) is 19.3 Å². The Labute approximate surface area is 650 Å². The fourth-order valence-electron chi connectivity index (χ4n) is 13.0. The van der Waals surface area contributed by atoms with E-state index in [1.54, 1.807) is 0 Å². The second-order valence-electron chi connectivity index (χ2n) is 31.3. The van der Waals surface area contributed by atoms with Crippen LogP contribution >= 0.6 is 15.6 Å². The molecule has 0 saturated carbocycles. The van der Waals surface area contributed by atoms with Crippen LogP contribution in [0.4, 0.5) is 0 Å². The van der Waals surface area contributed by atoms with Crippen molar-refractivity contribution in [3.8, 4) is 0 Å². The molecule has 106 heavy (non-hydrogen) atoms. The van der Waals surface area contributed by atoms with E-state index in [0.717, 1.165) is 115 Å². The van der Waals surface area contributed by atoms with Crippen molar-refractivity contribution in [2.24, 2.45) is 11.8 Å². The summed E-state index contributed by atoms with van der Waals surface area (Å²) in [6.07, 6.45) is 72.9. The van der Waals surface area contributed by atoms with Crippen LogP contribution in [0, 0.1) is 11.8 Å². The Morgan fingerprint density at radius 2 is 0.557 bits per heavy atom. The van der Waals surface area contributed by atoms with Gasteiger partial charge >= 0.3 is 39.5 Å². The van der Waals surface area contributed by atoms with Crippen molar-refractivity contribution in [1.82, 2.24) is 0 Å². The van der Waals surface area contributed by atoms with Gasteiger partial charge in [0.05, 0.1) is 26.4 Å². The molecule has 3 unspecified atom stereocenters. The lowest BCUT2D eigenvalue weighted by molar-refractivity contribution is -0.161. The van der Waals surface area contributed by atoms with Crippen LogP contribution in [0.1, 0.15) is 440 Å². The zero-order valence-corrected chi connectivity index (χ0v) is 71.0. The minimum absolute atomic E-state index is 0.0855. The number of hydrogen-bond acceptors (Lipinski definition) is 15. The van der Waals surface area contributed by atoms with E-state index in [1.165, 1.54) is 244 Å². The van der Waals surface area contributed by atoms with Crippen LogP contribution < -0.4 is 0 Å². The topological polar surface area (TPSA) is 237 Å². The maximum Gasteiger partial charge on any atom is 0.472 e. The van der Waals surface area contributed by atoms with E-state index in [4.69, 9.17) is 37.0 Å². The molecule has 0 radical (unpaired) electrons. The Kier molecular flexibility index (Phi) is 76.0. The molecule has 0 aliphatic rings. The van der Waals surface area contributed by atoms with Crippen LogP contribution in [-0.2, 0) is 65.4 Å². The number of ether oxygens (including phenoxy) is 4. The van der Waals surface area contributed by atoms with E-state index in [0.29, 0.717) is 25.7 Å². The Morgan fingerprint density at radius 3 is 0.849 bits per heavy atom. The van der Waals surface area contributed by atoms with Gasteiger partial charge in [-0.3, -0.25) is 37.3 Å². The smallest absolute Gasteiger partial charge is 0.462 e. The molecule has 0 amide bonds. The summed E-state index contributed by atoms with van der Waals surface area (Å²) in [5.41, 5.74) is 0. The number of hydrogen-bond donors (Lipinski definition) is 3. The molecule has 0 heterocycles. The maximum absolute atomic E-state index is 13.2. The first-order valence-corrected chi connectivity index (χ1v) is 47.3. The molecule has 0 bridgehead atoms. The normalized spacial score (nSPS) is 14.2. The van der Waals surface area contributed by atoms with Crippen LogP contribution in [0.2, 0.25) is 0 Å². The monoisotopic (exact) mass is 1550 g/mol. The third-order valence-corrected chi connectivity index (χ3v) is 22.1. The molecule has 19 heteroatoms. The molecule has 0 aliphatic carbocycles. The molecule has 0 aromatic rings. The molecule has 6 atom stereocenters. The summed E-state index contributed by atoms with van der Waals surface area (Å²) < 4.78 is 68.9. The standard InChI is InChI=1S/C87H166O17P2/c1-7-10-12-14-16-18-20-21-27-35-41-47-53-59-65-71-86(91)103-82(75-97-84(89)69-63-57-51-45-37-19-17-15-13-11-8-2)77-101-105(93,94)99-73-81(88)74-100-106(95,96)102-78-83(76-98-85(90)70-64-58-52-46-40-34-31-26-28-32-38-43-49-55-61-67-79(4)5)104-87(92)72-66-60-54-48-42-36-30-25-23-22-24-29-33-39-44-50-56-62-68-80(6)9-3/h18,20-21,27,79-83,88H,7-17,19,22-26,28-78H2,1-6H3,(H,93,94)(H,95,96)/b20-18-,27-21-/t80?,81-,82+,83+/m0/s1. The van der Waals surface area contributed by atoms with Gasteiger partial charge in [0, 0.05) is 25.7 Å². The molecular weight excluding hydrogens is 1380 g/mol. The molecule has 3 N–H and O–H groups in total. The van der Waals surface area contributed by atoms with E-state index >= 15 is 0 Å². The Bertz CT molecular complexity index is 2130. The van der Waals surface area contributed by atoms with Crippen LogP contribution in [-0.4, -0.2) is 96.7 Å². The summed E-state index contributed by atoms with van der Waals surface area (Å²) in [5, 5.41) is 10.7. The predicted octanol–water partition coefficient (Wildman–Crippen LogP) is 26.2. The fraction of sp³-hybridized carbons (Fsp3) is 0.908. The Balaban J connectivity index is 5.26. The first kappa shape index (κ1) is 104. The largest absolute Gasteiger partial charge is 0.472 e. The highest BCUT2D eigenvalue weighted by Gasteiger charge is 2.30. The average Bonchev–Trinajstić information content (AvgIpc) is 0.906. The molecule has 0 aromatic heterocycles. The zero-order chi connectivity index (χ0) is 77.8. The molecule has 0 aromatic carbocycles. The first-order chi connectivity index (χ1) is 51.4. The highest BCUT2D eigenvalue weighted by molar-refractivity contribution is 7.47. The molecule has 626 valence electrons. The number of unbranched alkanes of at least 4 members (excludes halogenated alkanes) is 50. The number of allylic oxidation sites excluding steroid dienone is 4. The molecule has 0 fully saturated rings. The summed E-state index contributed by atoms with van der Waals surface area (Å²) in [4.78, 5) is 73.2. The Morgan fingerprint density at radius 1 is 0.311 bits per heavy atom. The molecule has 0 rings (SSSR count). The van der Waals surface area contributed by atoms with Gasteiger partial charge < -0.3 is 33.8 Å². The summed E-state index contributed by atoms with van der Waals surface area (Å²) in [6, 6.07) is 0. The van der Waals surface area contributed by atoms with E-state index in [9.17, 15) is 43.2 Å². The average molecular weight is 1550 g/mol. The van der Waals surface area contributed by atoms with Crippen LogP contribution in [0.15, 0.2) is 24.3 Å². The van der Waals surface area contributed by atoms with Gasteiger partial charge in [0.25, 0.3) is 0 Å². The number of rotatable bonds is 84. The Hall–Kier alpha value is -2.46. The van der Waals surface area contributed by atoms with Crippen LogP contribution in [0.3, 0.4) is 0 Å². The van der Waals surface area contributed by atoms with Crippen molar-refractivity contribution in [1.29, 1.82) is 0 Å². The number of phosphoric ester groups is 2. The number of aliphatic hydroxyl groups excluding tert-OH is 1. The van der Waals surface area contributed by atoms with E-state index in [-0.39, 0.29) is 25.7 Å². The van der Waals surface area contributed by atoms with Gasteiger partial charge in [-0.1, -0.05) is 387 Å². The van der Waals surface area contributed by atoms with E-state index in [1.807, 2.05) is 0 Å². The fourth-order valence-corrected chi connectivity index (χ4v) is 14.6. The molecule has 0 spiro atoms. The highest BCUT2D eigenvalue weighted by Crippen LogP contribution is 2.45. The third kappa shape index (κ3) is 78.2. The second-order valence-corrected chi connectivity index (χ2v) is 34.2. The minimum atomic E-state index is -4.97. The lowest BCUT2D eigenvalue weighted by Crippen LogP contribution is -2.30. The lowest BCUT2D eigenvalue weighted by Gasteiger charge is -2.21. The van der Waals surface area contributed by atoms with Crippen molar-refractivity contribution in [2.45, 2.75) is 458 Å². The number of carbonyl (C=O) groups is 4. The quantitative estimate of drug-likeness (QED) is 0.0169. The summed E-state index contributed by atoms with van der Waals surface area (Å²) in [7, 11) is -9.94. The minimum Gasteiger partial charge on any atom is -0.462 e.